The molecule has 1 amide bonds. The lowest BCUT2D eigenvalue weighted by molar-refractivity contribution is 0.102. The van der Waals surface area contributed by atoms with Gasteiger partial charge in [-0.05, 0) is 31.0 Å². The Labute approximate surface area is 145 Å². The molecule has 1 aromatic heterocycles. The first-order chi connectivity index (χ1) is 10.8. The van der Waals surface area contributed by atoms with Crippen molar-refractivity contribution < 1.29 is 4.79 Å². The number of nitrogens with one attached hydrogen (secondary N) is 2. The summed E-state index contributed by atoms with van der Waals surface area (Å²) in [6.45, 7) is 6.70. The van der Waals surface area contributed by atoms with Crippen molar-refractivity contribution >= 4 is 40.6 Å². The molecule has 1 aromatic carbocycles. The van der Waals surface area contributed by atoms with Crippen LogP contribution in [-0.4, -0.2) is 22.4 Å². The van der Waals surface area contributed by atoms with Gasteiger partial charge in [-0.2, -0.15) is 0 Å². The van der Waals surface area contributed by atoms with Gasteiger partial charge in [0.15, 0.2) is 0 Å². The summed E-state index contributed by atoms with van der Waals surface area (Å²) in [6.07, 6.45) is 0. The molecule has 1 heterocycles. The molecule has 0 spiro atoms. The lowest BCUT2D eigenvalue weighted by atomic mass is 10.2. The highest BCUT2D eigenvalue weighted by atomic mass is 35.5. The van der Waals surface area contributed by atoms with E-state index in [-0.39, 0.29) is 11.6 Å². The molecule has 7 heteroatoms. The van der Waals surface area contributed by atoms with Crippen LogP contribution >= 0.6 is 23.2 Å². The van der Waals surface area contributed by atoms with Crippen LogP contribution in [-0.2, 0) is 0 Å². The van der Waals surface area contributed by atoms with E-state index < -0.39 is 0 Å². The Hall–Kier alpha value is -1.85. The zero-order valence-electron chi connectivity index (χ0n) is 13.2. The number of nitrogens with zero attached hydrogens (tertiary/aromatic N) is 2. The summed E-state index contributed by atoms with van der Waals surface area (Å²) >= 11 is 11.9. The van der Waals surface area contributed by atoms with Gasteiger partial charge in [0, 0.05) is 17.6 Å². The van der Waals surface area contributed by atoms with E-state index in [2.05, 4.69) is 34.4 Å². The number of carbonyl (C=O) groups is 1. The second-order valence-corrected chi connectivity index (χ2v) is 6.38. The first-order valence-corrected chi connectivity index (χ1v) is 7.96. The minimum atomic E-state index is -0.354. The molecule has 0 saturated carbocycles. The molecule has 0 unspecified atom stereocenters. The standard InChI is InChI=1S/C16H18Cl2N4O/c1-9(2)8-19-15-7-14(20-10(3)21-15)16(23)22-13-5-4-11(17)6-12(13)18/h4-7,9H,8H2,1-3H3,(H,22,23)(H,19,20,21). The predicted octanol–water partition coefficient (Wildman–Crippen LogP) is 4.41. The summed E-state index contributed by atoms with van der Waals surface area (Å²) in [5.74, 6) is 1.26. The Kier molecular flexibility index (Phi) is 5.80. The van der Waals surface area contributed by atoms with Crippen LogP contribution in [0.25, 0.3) is 0 Å². The van der Waals surface area contributed by atoms with Crippen molar-refractivity contribution in [2.75, 3.05) is 17.2 Å². The summed E-state index contributed by atoms with van der Waals surface area (Å²) in [5.41, 5.74) is 0.754. The van der Waals surface area contributed by atoms with Crippen molar-refractivity contribution in [2.24, 2.45) is 5.92 Å². The second-order valence-electron chi connectivity index (χ2n) is 5.54. The fourth-order valence-corrected chi connectivity index (χ4v) is 2.32. The number of rotatable bonds is 5. The van der Waals surface area contributed by atoms with Gasteiger partial charge in [-0.15, -0.1) is 0 Å². The first-order valence-electron chi connectivity index (χ1n) is 7.21. The van der Waals surface area contributed by atoms with Crippen LogP contribution in [0.4, 0.5) is 11.5 Å². The highest BCUT2D eigenvalue weighted by molar-refractivity contribution is 6.36. The zero-order chi connectivity index (χ0) is 17.0. The summed E-state index contributed by atoms with van der Waals surface area (Å²) in [5, 5.41) is 6.79. The van der Waals surface area contributed by atoms with Crippen molar-refractivity contribution in [1.82, 2.24) is 9.97 Å². The van der Waals surface area contributed by atoms with Crippen LogP contribution in [0, 0.1) is 12.8 Å². The topological polar surface area (TPSA) is 66.9 Å². The number of halogens is 2. The molecule has 0 fully saturated rings. The van der Waals surface area contributed by atoms with Gasteiger partial charge in [0.05, 0.1) is 10.7 Å². The molecular formula is C16H18Cl2N4O. The Morgan fingerprint density at radius 2 is 1.96 bits per heavy atom. The van der Waals surface area contributed by atoms with Gasteiger partial charge in [-0.3, -0.25) is 4.79 Å². The van der Waals surface area contributed by atoms with Gasteiger partial charge in [0.1, 0.15) is 17.3 Å². The van der Waals surface area contributed by atoms with Gasteiger partial charge in [-0.25, -0.2) is 9.97 Å². The first kappa shape index (κ1) is 17.5. The quantitative estimate of drug-likeness (QED) is 0.835. The van der Waals surface area contributed by atoms with Crippen LogP contribution in [0.5, 0.6) is 0 Å². The van der Waals surface area contributed by atoms with E-state index in [0.29, 0.717) is 33.3 Å². The molecule has 2 rings (SSSR count). The van der Waals surface area contributed by atoms with Crippen molar-refractivity contribution in [3.8, 4) is 0 Å². The minimum absolute atomic E-state index is 0.273. The smallest absolute Gasteiger partial charge is 0.274 e. The van der Waals surface area contributed by atoms with Crippen LogP contribution in [0.15, 0.2) is 24.3 Å². The number of carbonyl (C=O) groups excluding carboxylic acids is 1. The van der Waals surface area contributed by atoms with E-state index in [0.717, 1.165) is 6.54 Å². The highest BCUT2D eigenvalue weighted by Gasteiger charge is 2.13. The maximum Gasteiger partial charge on any atom is 0.274 e. The van der Waals surface area contributed by atoms with Crippen LogP contribution in [0.3, 0.4) is 0 Å². The minimum Gasteiger partial charge on any atom is -0.370 e. The summed E-state index contributed by atoms with van der Waals surface area (Å²) in [6, 6.07) is 6.49. The molecule has 0 bridgehead atoms. The van der Waals surface area contributed by atoms with Crippen molar-refractivity contribution in [1.29, 1.82) is 0 Å². The number of benzene rings is 1. The molecule has 0 aliphatic carbocycles. The maximum atomic E-state index is 12.4. The monoisotopic (exact) mass is 352 g/mol. The fourth-order valence-electron chi connectivity index (χ4n) is 1.86. The predicted molar refractivity (Wildman–Crippen MR) is 94.5 cm³/mol. The normalized spacial score (nSPS) is 10.7. The molecule has 122 valence electrons. The van der Waals surface area contributed by atoms with Gasteiger partial charge in [0.25, 0.3) is 5.91 Å². The third-order valence-electron chi connectivity index (χ3n) is 2.94. The molecule has 0 aliphatic heterocycles. The zero-order valence-corrected chi connectivity index (χ0v) is 14.7. The molecule has 5 nitrogen and oxygen atoms in total. The molecular weight excluding hydrogens is 335 g/mol. The number of hydrogen-bond donors (Lipinski definition) is 2. The lowest BCUT2D eigenvalue weighted by Crippen LogP contribution is -2.17. The summed E-state index contributed by atoms with van der Waals surface area (Å²) in [4.78, 5) is 20.8. The number of aromatic nitrogens is 2. The lowest BCUT2D eigenvalue weighted by Gasteiger charge is -2.11. The Bertz CT molecular complexity index is 719. The van der Waals surface area contributed by atoms with E-state index in [9.17, 15) is 4.79 Å². The molecule has 2 aromatic rings. The Morgan fingerprint density at radius 1 is 1.22 bits per heavy atom. The van der Waals surface area contributed by atoms with E-state index in [1.807, 2.05) is 0 Å². The van der Waals surface area contributed by atoms with Crippen LogP contribution in [0.1, 0.15) is 30.2 Å². The highest BCUT2D eigenvalue weighted by Crippen LogP contribution is 2.25. The third kappa shape index (κ3) is 5.08. The van der Waals surface area contributed by atoms with Crippen molar-refractivity contribution in [3.63, 3.8) is 0 Å². The summed E-state index contributed by atoms with van der Waals surface area (Å²) in [7, 11) is 0. The van der Waals surface area contributed by atoms with Gasteiger partial charge < -0.3 is 10.6 Å². The molecule has 0 atom stereocenters. The average molecular weight is 353 g/mol. The number of amides is 1. The number of hydrogen-bond acceptors (Lipinski definition) is 4. The van der Waals surface area contributed by atoms with Crippen molar-refractivity contribution in [3.05, 3.63) is 45.8 Å². The van der Waals surface area contributed by atoms with Crippen LogP contribution < -0.4 is 10.6 Å². The Balaban J connectivity index is 2.18. The molecule has 2 N–H and O–H groups in total. The Morgan fingerprint density at radius 3 is 2.61 bits per heavy atom. The van der Waals surface area contributed by atoms with E-state index >= 15 is 0 Å². The van der Waals surface area contributed by atoms with E-state index in [4.69, 9.17) is 23.2 Å². The van der Waals surface area contributed by atoms with Crippen LogP contribution in [0.2, 0.25) is 10.0 Å². The second kappa shape index (κ2) is 7.62. The molecule has 0 saturated heterocycles. The molecule has 0 aliphatic rings. The third-order valence-corrected chi connectivity index (χ3v) is 3.49. The average Bonchev–Trinajstić information content (AvgIpc) is 2.47. The largest absolute Gasteiger partial charge is 0.370 e. The molecule has 23 heavy (non-hydrogen) atoms. The summed E-state index contributed by atoms with van der Waals surface area (Å²) < 4.78 is 0. The SMILES string of the molecule is Cc1nc(NCC(C)C)cc(C(=O)Nc2ccc(Cl)cc2Cl)n1. The van der Waals surface area contributed by atoms with E-state index in [1.165, 1.54) is 0 Å². The maximum absolute atomic E-state index is 12.4. The van der Waals surface area contributed by atoms with Crippen molar-refractivity contribution in [2.45, 2.75) is 20.8 Å². The number of aryl methyl sites for hydroxylation is 1. The van der Waals surface area contributed by atoms with E-state index in [1.54, 1.807) is 31.2 Å². The van der Waals surface area contributed by atoms with Gasteiger partial charge in [-0.1, -0.05) is 37.0 Å². The molecule has 0 radical (unpaired) electrons. The fraction of sp³-hybridized carbons (Fsp3) is 0.312. The van der Waals surface area contributed by atoms with Gasteiger partial charge in [0.2, 0.25) is 0 Å². The van der Waals surface area contributed by atoms with Gasteiger partial charge >= 0.3 is 0 Å². The number of anilines is 2.